The van der Waals surface area contributed by atoms with Gasteiger partial charge in [-0.05, 0) is 31.7 Å². The SMILES string of the molecule is CC(C)CC(=O)N1CCCNCC12CC2. The second-order valence-corrected chi connectivity index (χ2v) is 5.40. The van der Waals surface area contributed by atoms with Gasteiger partial charge in [0.25, 0.3) is 0 Å². The molecule has 0 bridgehead atoms. The van der Waals surface area contributed by atoms with Crippen LogP contribution in [0.1, 0.15) is 39.5 Å². The Morgan fingerprint density at radius 1 is 1.47 bits per heavy atom. The second kappa shape index (κ2) is 4.12. The molecule has 3 heteroatoms. The summed E-state index contributed by atoms with van der Waals surface area (Å²) in [4.78, 5) is 14.3. The van der Waals surface area contributed by atoms with Crippen LogP contribution in [0.4, 0.5) is 0 Å². The molecule has 1 spiro atoms. The van der Waals surface area contributed by atoms with Gasteiger partial charge in [-0.3, -0.25) is 4.79 Å². The summed E-state index contributed by atoms with van der Waals surface area (Å²) in [6.45, 7) is 7.27. The van der Waals surface area contributed by atoms with Crippen LogP contribution >= 0.6 is 0 Å². The summed E-state index contributed by atoms with van der Waals surface area (Å²) >= 11 is 0. The first kappa shape index (κ1) is 10.9. The van der Waals surface area contributed by atoms with E-state index in [1.165, 1.54) is 12.8 Å². The minimum atomic E-state index is 0.211. The van der Waals surface area contributed by atoms with Crippen molar-refractivity contribution in [3.8, 4) is 0 Å². The van der Waals surface area contributed by atoms with E-state index in [9.17, 15) is 4.79 Å². The molecule has 15 heavy (non-hydrogen) atoms. The van der Waals surface area contributed by atoms with Crippen LogP contribution in [0.2, 0.25) is 0 Å². The molecule has 2 fully saturated rings. The molecule has 3 nitrogen and oxygen atoms in total. The van der Waals surface area contributed by atoms with Crippen molar-refractivity contribution >= 4 is 5.91 Å². The van der Waals surface area contributed by atoms with Crippen molar-refractivity contribution in [1.29, 1.82) is 0 Å². The minimum absolute atomic E-state index is 0.211. The van der Waals surface area contributed by atoms with Gasteiger partial charge in [0.2, 0.25) is 5.91 Å². The summed E-state index contributed by atoms with van der Waals surface area (Å²) in [5.41, 5.74) is 0.211. The number of nitrogens with zero attached hydrogens (tertiary/aromatic N) is 1. The Hall–Kier alpha value is -0.570. The van der Waals surface area contributed by atoms with Gasteiger partial charge in [0.05, 0.1) is 5.54 Å². The van der Waals surface area contributed by atoms with Crippen molar-refractivity contribution in [3.05, 3.63) is 0 Å². The Kier molecular flexibility index (Phi) is 3.01. The summed E-state index contributed by atoms with van der Waals surface area (Å²) in [5.74, 6) is 0.843. The van der Waals surface area contributed by atoms with Crippen LogP contribution in [0.3, 0.4) is 0 Å². The van der Waals surface area contributed by atoms with Gasteiger partial charge < -0.3 is 10.2 Å². The number of hydrogen-bond donors (Lipinski definition) is 1. The molecule has 1 saturated carbocycles. The van der Waals surface area contributed by atoms with Gasteiger partial charge in [-0.25, -0.2) is 0 Å². The van der Waals surface area contributed by atoms with E-state index in [0.717, 1.165) is 26.1 Å². The molecule has 1 aliphatic heterocycles. The van der Waals surface area contributed by atoms with Gasteiger partial charge in [0, 0.05) is 19.5 Å². The topological polar surface area (TPSA) is 32.3 Å². The van der Waals surface area contributed by atoms with E-state index < -0.39 is 0 Å². The monoisotopic (exact) mass is 210 g/mol. The quantitative estimate of drug-likeness (QED) is 0.747. The highest BCUT2D eigenvalue weighted by Crippen LogP contribution is 2.42. The highest BCUT2D eigenvalue weighted by molar-refractivity contribution is 5.77. The number of carbonyl (C=O) groups is 1. The Morgan fingerprint density at radius 3 is 2.80 bits per heavy atom. The molecule has 0 atom stereocenters. The van der Waals surface area contributed by atoms with Crippen LogP contribution in [0, 0.1) is 5.92 Å². The molecule has 0 radical (unpaired) electrons. The van der Waals surface area contributed by atoms with Crippen LogP contribution in [0.15, 0.2) is 0 Å². The third kappa shape index (κ3) is 2.33. The maximum atomic E-state index is 12.1. The lowest BCUT2D eigenvalue weighted by atomic mass is 10.1. The Balaban J connectivity index is 2.01. The van der Waals surface area contributed by atoms with Gasteiger partial charge in [0.15, 0.2) is 0 Å². The van der Waals surface area contributed by atoms with Crippen molar-refractivity contribution in [1.82, 2.24) is 10.2 Å². The molecule has 1 saturated heterocycles. The highest BCUT2D eigenvalue weighted by Gasteiger charge is 2.49. The zero-order valence-electron chi connectivity index (χ0n) is 9.88. The molecule has 1 heterocycles. The van der Waals surface area contributed by atoms with Crippen molar-refractivity contribution in [2.75, 3.05) is 19.6 Å². The third-order valence-corrected chi connectivity index (χ3v) is 3.47. The fraction of sp³-hybridized carbons (Fsp3) is 0.917. The second-order valence-electron chi connectivity index (χ2n) is 5.40. The van der Waals surface area contributed by atoms with Gasteiger partial charge >= 0.3 is 0 Å². The number of nitrogens with one attached hydrogen (secondary N) is 1. The normalized spacial score (nSPS) is 24.3. The molecular formula is C12H22N2O. The summed E-state index contributed by atoms with van der Waals surface area (Å²) < 4.78 is 0. The lowest BCUT2D eigenvalue weighted by molar-refractivity contribution is -0.134. The molecule has 86 valence electrons. The largest absolute Gasteiger partial charge is 0.336 e. The summed E-state index contributed by atoms with van der Waals surface area (Å²) in [7, 11) is 0. The standard InChI is InChI=1S/C12H22N2O/c1-10(2)8-11(15)14-7-3-6-13-9-12(14)4-5-12/h10,13H,3-9H2,1-2H3. The van der Waals surface area contributed by atoms with Crippen molar-refractivity contribution < 1.29 is 4.79 Å². The minimum Gasteiger partial charge on any atom is -0.336 e. The molecule has 1 aliphatic carbocycles. The van der Waals surface area contributed by atoms with Crippen molar-refractivity contribution in [2.45, 2.75) is 45.1 Å². The lowest BCUT2D eigenvalue weighted by Crippen LogP contribution is -2.46. The van der Waals surface area contributed by atoms with Crippen LogP contribution in [0.5, 0.6) is 0 Å². The lowest BCUT2D eigenvalue weighted by Gasteiger charge is -2.30. The van der Waals surface area contributed by atoms with Crippen molar-refractivity contribution in [2.24, 2.45) is 5.92 Å². The Morgan fingerprint density at radius 2 is 2.20 bits per heavy atom. The number of hydrogen-bond acceptors (Lipinski definition) is 2. The molecule has 1 N–H and O–H groups in total. The molecule has 0 aromatic rings. The summed E-state index contributed by atoms with van der Waals surface area (Å²) in [6, 6.07) is 0. The molecule has 2 rings (SSSR count). The van der Waals surface area contributed by atoms with Crippen LogP contribution in [0.25, 0.3) is 0 Å². The van der Waals surface area contributed by atoms with Crippen molar-refractivity contribution in [3.63, 3.8) is 0 Å². The van der Waals surface area contributed by atoms with E-state index in [0.29, 0.717) is 18.2 Å². The van der Waals surface area contributed by atoms with E-state index in [4.69, 9.17) is 0 Å². The molecule has 2 aliphatic rings. The van der Waals surface area contributed by atoms with E-state index in [-0.39, 0.29) is 5.54 Å². The van der Waals surface area contributed by atoms with Gasteiger partial charge in [-0.15, -0.1) is 0 Å². The predicted molar refractivity (Wildman–Crippen MR) is 60.6 cm³/mol. The smallest absolute Gasteiger partial charge is 0.223 e. The van der Waals surface area contributed by atoms with E-state index >= 15 is 0 Å². The Bertz CT molecular complexity index is 246. The Labute approximate surface area is 92.2 Å². The summed E-state index contributed by atoms with van der Waals surface area (Å²) in [5, 5.41) is 3.44. The first-order valence-corrected chi connectivity index (χ1v) is 6.15. The zero-order valence-corrected chi connectivity index (χ0v) is 9.88. The molecule has 1 amide bonds. The number of carbonyl (C=O) groups excluding carboxylic acids is 1. The van der Waals surface area contributed by atoms with Crippen LogP contribution < -0.4 is 5.32 Å². The fourth-order valence-electron chi connectivity index (χ4n) is 2.46. The highest BCUT2D eigenvalue weighted by atomic mass is 16.2. The predicted octanol–water partition coefficient (Wildman–Crippen LogP) is 1.39. The first-order chi connectivity index (χ1) is 7.14. The molecule has 0 aromatic carbocycles. The number of rotatable bonds is 2. The fourth-order valence-corrected chi connectivity index (χ4v) is 2.46. The maximum absolute atomic E-state index is 12.1. The first-order valence-electron chi connectivity index (χ1n) is 6.15. The van der Waals surface area contributed by atoms with E-state index in [1.807, 2.05) is 0 Å². The summed E-state index contributed by atoms with van der Waals surface area (Å²) in [6.07, 6.45) is 4.21. The number of amides is 1. The van der Waals surface area contributed by atoms with Gasteiger partial charge in [-0.1, -0.05) is 13.8 Å². The molecule has 0 aromatic heterocycles. The average Bonchev–Trinajstić information content (AvgIpc) is 2.93. The zero-order chi connectivity index (χ0) is 10.9. The van der Waals surface area contributed by atoms with E-state index in [2.05, 4.69) is 24.1 Å². The molecular weight excluding hydrogens is 188 g/mol. The average molecular weight is 210 g/mol. The van der Waals surface area contributed by atoms with Crippen LogP contribution in [-0.4, -0.2) is 36.0 Å². The van der Waals surface area contributed by atoms with E-state index in [1.54, 1.807) is 0 Å². The molecule has 0 unspecified atom stereocenters. The van der Waals surface area contributed by atoms with Crippen LogP contribution in [-0.2, 0) is 4.79 Å². The maximum Gasteiger partial charge on any atom is 0.223 e. The third-order valence-electron chi connectivity index (χ3n) is 3.47. The van der Waals surface area contributed by atoms with Gasteiger partial charge in [-0.2, -0.15) is 0 Å². The van der Waals surface area contributed by atoms with Gasteiger partial charge in [0.1, 0.15) is 0 Å².